The Kier molecular flexibility index (Phi) is 7.34. The lowest BCUT2D eigenvalue weighted by molar-refractivity contribution is -0.0198. The molecule has 2 aromatic carbocycles. The SMILES string of the molecule is C=Cc1ccc(C(CC)OC(OCC(C)C)=C(O)c2ccccc2)cc1. The predicted octanol–water partition coefficient (Wildman–Crippen LogP) is 6.35. The Balaban J connectivity index is 2.29. The van der Waals surface area contributed by atoms with Gasteiger partial charge in [-0.3, -0.25) is 0 Å². The van der Waals surface area contributed by atoms with Crippen LogP contribution < -0.4 is 0 Å². The van der Waals surface area contributed by atoms with Gasteiger partial charge in [-0.15, -0.1) is 0 Å². The van der Waals surface area contributed by atoms with Crippen LogP contribution in [0.3, 0.4) is 0 Å². The maximum Gasteiger partial charge on any atom is 0.324 e. The summed E-state index contributed by atoms with van der Waals surface area (Å²) in [4.78, 5) is 0. The van der Waals surface area contributed by atoms with Crippen LogP contribution in [-0.2, 0) is 9.47 Å². The number of benzene rings is 2. The first kappa shape index (κ1) is 19.6. The lowest BCUT2D eigenvalue weighted by Crippen LogP contribution is -2.11. The second-order valence-corrected chi connectivity index (χ2v) is 6.59. The summed E-state index contributed by atoms with van der Waals surface area (Å²) < 4.78 is 11.9. The standard InChI is InChI=1S/C23H28O3/c1-5-18-12-14-19(15-13-18)21(6-2)26-23(25-16-17(3)4)22(24)20-10-8-7-9-11-20/h5,7-15,17,21,24H,1,6,16H2,2-4H3. The zero-order chi connectivity index (χ0) is 18.9. The number of aliphatic hydroxyl groups excluding tert-OH is 1. The van der Waals surface area contributed by atoms with Gasteiger partial charge in [-0.2, -0.15) is 0 Å². The molecule has 0 aromatic heterocycles. The number of rotatable bonds is 9. The van der Waals surface area contributed by atoms with Gasteiger partial charge < -0.3 is 14.6 Å². The average Bonchev–Trinajstić information content (AvgIpc) is 2.68. The van der Waals surface area contributed by atoms with Crippen molar-refractivity contribution in [3.8, 4) is 0 Å². The molecule has 26 heavy (non-hydrogen) atoms. The molecule has 0 aliphatic rings. The van der Waals surface area contributed by atoms with Crippen LogP contribution in [0.5, 0.6) is 0 Å². The zero-order valence-corrected chi connectivity index (χ0v) is 15.8. The Morgan fingerprint density at radius 2 is 1.73 bits per heavy atom. The molecule has 3 nitrogen and oxygen atoms in total. The van der Waals surface area contributed by atoms with E-state index in [0.717, 1.165) is 17.5 Å². The van der Waals surface area contributed by atoms with E-state index in [9.17, 15) is 5.11 Å². The first-order chi connectivity index (χ1) is 12.5. The van der Waals surface area contributed by atoms with E-state index >= 15 is 0 Å². The fourth-order valence-corrected chi connectivity index (χ4v) is 2.48. The lowest BCUT2D eigenvalue weighted by atomic mass is 10.1. The molecule has 0 aliphatic heterocycles. The molecule has 2 aromatic rings. The van der Waals surface area contributed by atoms with Gasteiger partial charge in [0.25, 0.3) is 0 Å². The van der Waals surface area contributed by atoms with E-state index in [0.29, 0.717) is 18.1 Å². The van der Waals surface area contributed by atoms with E-state index in [1.54, 1.807) is 0 Å². The van der Waals surface area contributed by atoms with Crippen LogP contribution in [0.4, 0.5) is 0 Å². The molecule has 138 valence electrons. The molecule has 1 atom stereocenters. The van der Waals surface area contributed by atoms with Gasteiger partial charge in [0.05, 0.1) is 6.61 Å². The number of hydrogen-bond acceptors (Lipinski definition) is 3. The summed E-state index contributed by atoms with van der Waals surface area (Å²) in [7, 11) is 0. The van der Waals surface area contributed by atoms with Gasteiger partial charge in [0, 0.05) is 5.56 Å². The summed E-state index contributed by atoms with van der Waals surface area (Å²) >= 11 is 0. The molecule has 2 rings (SSSR count). The maximum atomic E-state index is 10.7. The second-order valence-electron chi connectivity index (χ2n) is 6.59. The predicted molar refractivity (Wildman–Crippen MR) is 107 cm³/mol. The molecule has 0 saturated carbocycles. The first-order valence-corrected chi connectivity index (χ1v) is 9.05. The largest absolute Gasteiger partial charge is 0.502 e. The van der Waals surface area contributed by atoms with E-state index in [4.69, 9.17) is 9.47 Å². The van der Waals surface area contributed by atoms with Gasteiger partial charge in [-0.05, 0) is 23.5 Å². The summed E-state index contributed by atoms with van der Waals surface area (Å²) in [6.45, 7) is 10.4. The third kappa shape index (κ3) is 5.41. The minimum atomic E-state index is -0.207. The van der Waals surface area contributed by atoms with Gasteiger partial charge in [0.2, 0.25) is 5.76 Å². The molecule has 1 unspecified atom stereocenters. The lowest BCUT2D eigenvalue weighted by Gasteiger charge is -2.22. The van der Waals surface area contributed by atoms with Gasteiger partial charge in [0.15, 0.2) is 0 Å². The maximum absolute atomic E-state index is 10.7. The molecule has 0 heterocycles. The Morgan fingerprint density at radius 3 is 2.27 bits per heavy atom. The Morgan fingerprint density at radius 1 is 1.08 bits per heavy atom. The highest BCUT2D eigenvalue weighted by Crippen LogP contribution is 2.28. The normalized spacial score (nSPS) is 13.1. The molecule has 0 radical (unpaired) electrons. The van der Waals surface area contributed by atoms with E-state index < -0.39 is 0 Å². The van der Waals surface area contributed by atoms with Crippen molar-refractivity contribution in [3.05, 3.63) is 83.8 Å². The topological polar surface area (TPSA) is 38.7 Å². The zero-order valence-electron chi connectivity index (χ0n) is 15.8. The van der Waals surface area contributed by atoms with Crippen molar-refractivity contribution in [1.82, 2.24) is 0 Å². The molecule has 0 amide bonds. The van der Waals surface area contributed by atoms with Crippen molar-refractivity contribution in [3.63, 3.8) is 0 Å². The molecule has 3 heteroatoms. The number of aliphatic hydroxyl groups is 1. The van der Waals surface area contributed by atoms with E-state index in [2.05, 4.69) is 20.4 Å². The van der Waals surface area contributed by atoms with E-state index in [-0.39, 0.29) is 17.8 Å². The van der Waals surface area contributed by atoms with Crippen LogP contribution in [0.1, 0.15) is 50.0 Å². The van der Waals surface area contributed by atoms with Crippen LogP contribution >= 0.6 is 0 Å². The fraction of sp³-hybridized carbons (Fsp3) is 0.304. The first-order valence-electron chi connectivity index (χ1n) is 9.05. The van der Waals surface area contributed by atoms with Crippen molar-refractivity contribution >= 4 is 11.8 Å². The number of ether oxygens (including phenoxy) is 2. The molecule has 0 spiro atoms. The van der Waals surface area contributed by atoms with Crippen molar-refractivity contribution in [2.24, 2.45) is 5.92 Å². The van der Waals surface area contributed by atoms with Crippen molar-refractivity contribution < 1.29 is 14.6 Å². The molecule has 0 aliphatic carbocycles. The van der Waals surface area contributed by atoms with Gasteiger partial charge in [-0.1, -0.05) is 88.0 Å². The smallest absolute Gasteiger partial charge is 0.324 e. The molecule has 0 fully saturated rings. The second kappa shape index (κ2) is 9.71. The van der Waals surface area contributed by atoms with Crippen LogP contribution in [0.2, 0.25) is 0 Å². The highest BCUT2D eigenvalue weighted by molar-refractivity contribution is 5.59. The van der Waals surface area contributed by atoms with E-state index in [1.165, 1.54) is 0 Å². The Bertz CT molecular complexity index is 715. The van der Waals surface area contributed by atoms with Gasteiger partial charge >= 0.3 is 5.95 Å². The van der Waals surface area contributed by atoms with Gasteiger partial charge in [-0.25, -0.2) is 0 Å². The highest BCUT2D eigenvalue weighted by Gasteiger charge is 2.19. The quantitative estimate of drug-likeness (QED) is 0.534. The van der Waals surface area contributed by atoms with E-state index in [1.807, 2.05) is 67.6 Å². The third-order valence-corrected chi connectivity index (χ3v) is 3.95. The average molecular weight is 352 g/mol. The highest BCUT2D eigenvalue weighted by atomic mass is 16.7. The molecule has 1 N–H and O–H groups in total. The minimum absolute atomic E-state index is 0.0208. The minimum Gasteiger partial charge on any atom is -0.502 e. The summed E-state index contributed by atoms with van der Waals surface area (Å²) in [6.07, 6.45) is 2.36. The monoisotopic (exact) mass is 352 g/mol. The summed E-state index contributed by atoms with van der Waals surface area (Å²) in [5.41, 5.74) is 2.76. The van der Waals surface area contributed by atoms with Crippen molar-refractivity contribution in [1.29, 1.82) is 0 Å². The number of hydrogen-bond donors (Lipinski definition) is 1. The summed E-state index contributed by atoms with van der Waals surface area (Å²) in [6, 6.07) is 17.4. The third-order valence-electron chi connectivity index (χ3n) is 3.95. The van der Waals surface area contributed by atoms with Crippen LogP contribution in [0.15, 0.2) is 67.1 Å². The molecule has 0 saturated heterocycles. The van der Waals surface area contributed by atoms with Crippen molar-refractivity contribution in [2.45, 2.75) is 33.3 Å². The molecular formula is C23H28O3. The Labute approximate surface area is 156 Å². The Hall–Kier alpha value is -2.68. The molecule has 0 bridgehead atoms. The summed E-state index contributed by atoms with van der Waals surface area (Å²) in [5, 5.41) is 10.7. The van der Waals surface area contributed by atoms with Crippen molar-refractivity contribution in [2.75, 3.05) is 6.61 Å². The van der Waals surface area contributed by atoms with Gasteiger partial charge in [0.1, 0.15) is 6.10 Å². The van der Waals surface area contributed by atoms with Crippen LogP contribution in [0, 0.1) is 5.92 Å². The van der Waals surface area contributed by atoms with Crippen LogP contribution in [-0.4, -0.2) is 11.7 Å². The van der Waals surface area contributed by atoms with Crippen LogP contribution in [0.25, 0.3) is 11.8 Å². The fourth-order valence-electron chi connectivity index (χ4n) is 2.48. The summed E-state index contributed by atoms with van der Waals surface area (Å²) in [5.74, 6) is 0.515. The molecular weight excluding hydrogens is 324 g/mol.